The zero-order valence-electron chi connectivity index (χ0n) is 8.50. The molecule has 1 aromatic rings. The number of hydrogen-bond donors (Lipinski definition) is 1. The van der Waals surface area contributed by atoms with Gasteiger partial charge in [0.05, 0.1) is 6.54 Å². The minimum atomic E-state index is 0.634. The molecule has 0 amide bonds. The van der Waals surface area contributed by atoms with Crippen LogP contribution in [0.25, 0.3) is 0 Å². The standard InChI is InChI=1S/C11H14N2O/c1-8-5-9(2)7-10(6-8)13-11-12-3-4-14-11/h5-7H,3-4H2,1-2H3,(H,12,13). The van der Waals surface area contributed by atoms with E-state index in [1.54, 1.807) is 0 Å². The molecule has 0 spiro atoms. The highest BCUT2D eigenvalue weighted by molar-refractivity contribution is 5.89. The Morgan fingerprint density at radius 1 is 1.21 bits per heavy atom. The van der Waals surface area contributed by atoms with Crippen molar-refractivity contribution in [3.05, 3.63) is 29.3 Å². The zero-order valence-corrected chi connectivity index (χ0v) is 8.50. The van der Waals surface area contributed by atoms with Crippen molar-refractivity contribution in [3.8, 4) is 0 Å². The molecule has 0 atom stereocenters. The lowest BCUT2D eigenvalue weighted by atomic mass is 10.1. The average Bonchev–Trinajstić information content (AvgIpc) is 2.54. The maximum Gasteiger partial charge on any atom is 0.289 e. The minimum Gasteiger partial charge on any atom is -0.463 e. The molecule has 0 aromatic heterocycles. The summed E-state index contributed by atoms with van der Waals surface area (Å²) in [5, 5.41) is 3.15. The van der Waals surface area contributed by atoms with Crippen molar-refractivity contribution in [2.75, 3.05) is 18.5 Å². The maximum absolute atomic E-state index is 5.28. The number of ether oxygens (including phenoxy) is 1. The molecule has 1 heterocycles. The molecule has 0 saturated carbocycles. The van der Waals surface area contributed by atoms with Crippen LogP contribution in [-0.2, 0) is 4.74 Å². The van der Waals surface area contributed by atoms with Crippen LogP contribution in [0, 0.1) is 13.8 Å². The number of nitrogens with one attached hydrogen (secondary N) is 1. The third kappa shape index (κ3) is 2.05. The molecule has 0 radical (unpaired) electrons. The Labute approximate surface area is 83.8 Å². The molecule has 0 bridgehead atoms. The fourth-order valence-corrected chi connectivity index (χ4v) is 1.58. The third-order valence-corrected chi connectivity index (χ3v) is 2.06. The lowest BCUT2D eigenvalue weighted by Gasteiger charge is -2.07. The van der Waals surface area contributed by atoms with Gasteiger partial charge >= 0.3 is 0 Å². The number of aryl methyl sites for hydroxylation is 2. The Kier molecular flexibility index (Phi) is 2.39. The summed E-state index contributed by atoms with van der Waals surface area (Å²) in [7, 11) is 0. The Bertz CT molecular complexity index is 351. The van der Waals surface area contributed by atoms with Gasteiger partial charge in [0, 0.05) is 5.69 Å². The van der Waals surface area contributed by atoms with Crippen LogP contribution < -0.4 is 5.32 Å². The molecule has 14 heavy (non-hydrogen) atoms. The molecule has 1 aliphatic rings. The topological polar surface area (TPSA) is 33.6 Å². The van der Waals surface area contributed by atoms with E-state index in [0.29, 0.717) is 12.6 Å². The van der Waals surface area contributed by atoms with Gasteiger partial charge in [0.25, 0.3) is 6.02 Å². The highest BCUT2D eigenvalue weighted by Gasteiger charge is 2.07. The summed E-state index contributed by atoms with van der Waals surface area (Å²) < 4.78 is 5.28. The fraction of sp³-hybridized carbons (Fsp3) is 0.364. The first kappa shape index (κ1) is 9.06. The van der Waals surface area contributed by atoms with E-state index in [4.69, 9.17) is 4.74 Å². The largest absolute Gasteiger partial charge is 0.463 e. The van der Waals surface area contributed by atoms with Crippen molar-refractivity contribution in [1.82, 2.24) is 0 Å². The summed E-state index contributed by atoms with van der Waals surface area (Å²) in [5.74, 6) is 0. The lowest BCUT2D eigenvalue weighted by molar-refractivity contribution is 0.346. The van der Waals surface area contributed by atoms with E-state index in [1.807, 2.05) is 0 Å². The van der Waals surface area contributed by atoms with Gasteiger partial charge in [-0.2, -0.15) is 0 Å². The molecule has 74 valence electrons. The van der Waals surface area contributed by atoms with Crippen molar-refractivity contribution < 1.29 is 4.74 Å². The summed E-state index contributed by atoms with van der Waals surface area (Å²) in [4.78, 5) is 4.17. The minimum absolute atomic E-state index is 0.634. The van der Waals surface area contributed by atoms with Crippen molar-refractivity contribution in [1.29, 1.82) is 0 Å². The SMILES string of the molecule is Cc1cc(C)cc(NC2=NCCO2)c1. The summed E-state index contributed by atoms with van der Waals surface area (Å²) in [5.41, 5.74) is 3.53. The molecular formula is C11H14N2O. The number of rotatable bonds is 1. The zero-order chi connectivity index (χ0) is 9.97. The Balaban J connectivity index is 2.15. The van der Waals surface area contributed by atoms with Gasteiger partial charge in [-0.15, -0.1) is 0 Å². The molecule has 0 unspecified atom stereocenters. The number of aliphatic imine (C=N–C) groups is 1. The number of nitrogens with zero attached hydrogens (tertiary/aromatic N) is 1. The van der Waals surface area contributed by atoms with E-state index in [9.17, 15) is 0 Å². The fourth-order valence-electron chi connectivity index (χ4n) is 1.58. The molecule has 2 rings (SSSR count). The molecule has 1 aliphatic heterocycles. The van der Waals surface area contributed by atoms with Gasteiger partial charge in [-0.3, -0.25) is 0 Å². The van der Waals surface area contributed by atoms with Crippen LogP contribution in [0.3, 0.4) is 0 Å². The number of hydrogen-bond acceptors (Lipinski definition) is 3. The van der Waals surface area contributed by atoms with Crippen LogP contribution in [0.5, 0.6) is 0 Å². The highest BCUT2D eigenvalue weighted by atomic mass is 16.5. The highest BCUT2D eigenvalue weighted by Crippen LogP contribution is 2.14. The van der Waals surface area contributed by atoms with Gasteiger partial charge in [0.1, 0.15) is 6.61 Å². The summed E-state index contributed by atoms with van der Waals surface area (Å²) in [6.07, 6.45) is 0. The van der Waals surface area contributed by atoms with E-state index in [2.05, 4.69) is 42.4 Å². The molecule has 0 fully saturated rings. The second-order valence-electron chi connectivity index (χ2n) is 3.54. The monoisotopic (exact) mass is 190 g/mol. The summed E-state index contributed by atoms with van der Waals surface area (Å²) >= 11 is 0. The second kappa shape index (κ2) is 3.70. The summed E-state index contributed by atoms with van der Waals surface area (Å²) in [6, 6.07) is 6.94. The number of amidine groups is 1. The van der Waals surface area contributed by atoms with Crippen molar-refractivity contribution in [3.63, 3.8) is 0 Å². The quantitative estimate of drug-likeness (QED) is 0.735. The van der Waals surface area contributed by atoms with Gasteiger partial charge in [-0.05, 0) is 37.1 Å². The Hall–Kier alpha value is -1.51. The summed E-state index contributed by atoms with van der Waals surface area (Å²) in [6.45, 7) is 5.60. The van der Waals surface area contributed by atoms with Crippen molar-refractivity contribution >= 4 is 11.7 Å². The first-order valence-electron chi connectivity index (χ1n) is 4.76. The van der Waals surface area contributed by atoms with Crippen LogP contribution >= 0.6 is 0 Å². The Morgan fingerprint density at radius 3 is 2.50 bits per heavy atom. The third-order valence-electron chi connectivity index (χ3n) is 2.06. The molecule has 3 heteroatoms. The number of anilines is 1. The first-order valence-corrected chi connectivity index (χ1v) is 4.76. The Morgan fingerprint density at radius 2 is 1.93 bits per heavy atom. The molecule has 1 N–H and O–H groups in total. The van der Waals surface area contributed by atoms with E-state index >= 15 is 0 Å². The predicted molar refractivity (Wildman–Crippen MR) is 57.8 cm³/mol. The van der Waals surface area contributed by atoms with Crippen LogP contribution in [0.2, 0.25) is 0 Å². The van der Waals surface area contributed by atoms with Crippen LogP contribution in [-0.4, -0.2) is 19.2 Å². The lowest BCUT2D eigenvalue weighted by Crippen LogP contribution is -2.11. The van der Waals surface area contributed by atoms with E-state index in [-0.39, 0.29) is 0 Å². The number of benzene rings is 1. The molecule has 0 saturated heterocycles. The molecule has 0 aliphatic carbocycles. The maximum atomic E-state index is 5.28. The molecule has 3 nitrogen and oxygen atoms in total. The van der Waals surface area contributed by atoms with Crippen LogP contribution in [0.4, 0.5) is 5.69 Å². The normalized spacial score (nSPS) is 14.9. The van der Waals surface area contributed by atoms with Gasteiger partial charge in [0.15, 0.2) is 0 Å². The smallest absolute Gasteiger partial charge is 0.289 e. The van der Waals surface area contributed by atoms with Gasteiger partial charge in [-0.25, -0.2) is 4.99 Å². The van der Waals surface area contributed by atoms with Crippen molar-refractivity contribution in [2.24, 2.45) is 4.99 Å². The van der Waals surface area contributed by atoms with Gasteiger partial charge < -0.3 is 10.1 Å². The van der Waals surface area contributed by atoms with Crippen LogP contribution in [0.1, 0.15) is 11.1 Å². The van der Waals surface area contributed by atoms with Gasteiger partial charge in [0.2, 0.25) is 0 Å². The molecular weight excluding hydrogens is 176 g/mol. The van der Waals surface area contributed by atoms with Crippen molar-refractivity contribution in [2.45, 2.75) is 13.8 Å². The van der Waals surface area contributed by atoms with E-state index in [1.165, 1.54) is 11.1 Å². The van der Waals surface area contributed by atoms with Crippen LogP contribution in [0.15, 0.2) is 23.2 Å². The average molecular weight is 190 g/mol. The second-order valence-corrected chi connectivity index (χ2v) is 3.54. The first-order chi connectivity index (χ1) is 6.74. The predicted octanol–water partition coefficient (Wildman–Crippen LogP) is 2.10. The van der Waals surface area contributed by atoms with E-state index in [0.717, 1.165) is 12.2 Å². The van der Waals surface area contributed by atoms with Gasteiger partial charge in [-0.1, -0.05) is 6.07 Å². The van der Waals surface area contributed by atoms with E-state index < -0.39 is 0 Å². The molecule has 1 aromatic carbocycles.